The predicted molar refractivity (Wildman–Crippen MR) is 77.9 cm³/mol. The molecule has 1 aliphatic rings. The van der Waals surface area contributed by atoms with Crippen LogP contribution in [0.5, 0.6) is 5.75 Å². The van der Waals surface area contributed by atoms with Crippen molar-refractivity contribution < 1.29 is 14.3 Å². The molecular weight excluding hydrogens is 256 g/mol. The fourth-order valence-electron chi connectivity index (χ4n) is 2.54. The van der Waals surface area contributed by atoms with Gasteiger partial charge in [0.15, 0.2) is 0 Å². The Labute approximate surface area is 119 Å². The largest absolute Gasteiger partial charge is 0.488 e. The van der Waals surface area contributed by atoms with Gasteiger partial charge in [0, 0.05) is 26.1 Å². The zero-order valence-corrected chi connectivity index (χ0v) is 12.0. The number of carbonyl (C=O) groups excluding carboxylic acids is 1. The van der Waals surface area contributed by atoms with Crippen LogP contribution in [0.3, 0.4) is 0 Å². The van der Waals surface area contributed by atoms with Crippen molar-refractivity contribution in [1.29, 1.82) is 0 Å². The van der Waals surface area contributed by atoms with Crippen LogP contribution in [0.4, 0.5) is 5.69 Å². The van der Waals surface area contributed by atoms with Gasteiger partial charge >= 0.3 is 0 Å². The Bertz CT molecular complexity index is 476. The van der Waals surface area contributed by atoms with Gasteiger partial charge in [-0.05, 0) is 37.5 Å². The van der Waals surface area contributed by atoms with Crippen LogP contribution in [-0.2, 0) is 4.74 Å². The molecule has 0 radical (unpaired) electrons. The van der Waals surface area contributed by atoms with Crippen LogP contribution in [0.25, 0.3) is 0 Å². The molecule has 20 heavy (non-hydrogen) atoms. The average molecular weight is 278 g/mol. The van der Waals surface area contributed by atoms with E-state index in [4.69, 9.17) is 15.2 Å². The summed E-state index contributed by atoms with van der Waals surface area (Å²) in [6.07, 6.45) is 4.46. The number of rotatable bonds is 4. The maximum atomic E-state index is 11.5. The van der Waals surface area contributed by atoms with Crippen LogP contribution in [0.2, 0.25) is 0 Å². The molecule has 1 aliphatic carbocycles. The van der Waals surface area contributed by atoms with Gasteiger partial charge < -0.3 is 20.5 Å². The van der Waals surface area contributed by atoms with Crippen molar-refractivity contribution in [2.24, 2.45) is 0 Å². The highest BCUT2D eigenvalue weighted by molar-refractivity contribution is 5.95. The number of hydrogen-bond donors (Lipinski definition) is 2. The van der Waals surface area contributed by atoms with Crippen molar-refractivity contribution in [3.63, 3.8) is 0 Å². The third-order valence-corrected chi connectivity index (χ3v) is 3.70. The molecule has 2 rings (SSSR count). The zero-order valence-electron chi connectivity index (χ0n) is 12.0. The molecule has 3 N–H and O–H groups in total. The van der Waals surface area contributed by atoms with Crippen molar-refractivity contribution in [3.8, 4) is 5.75 Å². The van der Waals surface area contributed by atoms with Gasteiger partial charge in [0.1, 0.15) is 11.9 Å². The first-order chi connectivity index (χ1) is 9.63. The van der Waals surface area contributed by atoms with E-state index in [-0.39, 0.29) is 18.1 Å². The number of nitrogen functional groups attached to an aromatic ring is 1. The molecule has 1 aromatic carbocycles. The molecule has 1 aromatic rings. The number of anilines is 1. The summed E-state index contributed by atoms with van der Waals surface area (Å²) in [6.45, 7) is 0. The second kappa shape index (κ2) is 6.61. The highest BCUT2D eigenvalue weighted by Crippen LogP contribution is 2.29. The maximum absolute atomic E-state index is 11.5. The summed E-state index contributed by atoms with van der Waals surface area (Å²) in [5.41, 5.74) is 6.99. The lowest BCUT2D eigenvalue weighted by Crippen LogP contribution is -2.29. The number of methoxy groups -OCH3 is 1. The number of nitrogens with one attached hydrogen (secondary N) is 1. The summed E-state index contributed by atoms with van der Waals surface area (Å²) in [4.78, 5) is 11.5. The molecule has 5 nitrogen and oxygen atoms in total. The van der Waals surface area contributed by atoms with E-state index >= 15 is 0 Å². The Kier molecular flexibility index (Phi) is 4.84. The Hall–Kier alpha value is -1.75. The predicted octanol–water partition coefficient (Wildman–Crippen LogP) is 1.96. The molecule has 0 heterocycles. The summed E-state index contributed by atoms with van der Waals surface area (Å²) >= 11 is 0. The van der Waals surface area contributed by atoms with Gasteiger partial charge in [-0.3, -0.25) is 4.79 Å². The minimum absolute atomic E-state index is 0.127. The molecule has 0 saturated heterocycles. The van der Waals surface area contributed by atoms with E-state index in [0.717, 1.165) is 25.7 Å². The van der Waals surface area contributed by atoms with Crippen LogP contribution < -0.4 is 15.8 Å². The van der Waals surface area contributed by atoms with Gasteiger partial charge in [-0.2, -0.15) is 0 Å². The quantitative estimate of drug-likeness (QED) is 0.826. The van der Waals surface area contributed by atoms with E-state index < -0.39 is 0 Å². The van der Waals surface area contributed by atoms with E-state index in [0.29, 0.717) is 17.0 Å². The van der Waals surface area contributed by atoms with Gasteiger partial charge in [-0.1, -0.05) is 0 Å². The van der Waals surface area contributed by atoms with Crippen molar-refractivity contribution in [2.45, 2.75) is 37.9 Å². The van der Waals surface area contributed by atoms with Crippen molar-refractivity contribution in [3.05, 3.63) is 23.8 Å². The normalized spacial score (nSPS) is 22.3. The number of hydrogen-bond acceptors (Lipinski definition) is 4. The van der Waals surface area contributed by atoms with Crippen LogP contribution in [0, 0.1) is 0 Å². The van der Waals surface area contributed by atoms with Crippen LogP contribution in [0.1, 0.15) is 36.0 Å². The Morgan fingerprint density at radius 3 is 2.75 bits per heavy atom. The van der Waals surface area contributed by atoms with Gasteiger partial charge in [0.05, 0.1) is 11.8 Å². The highest BCUT2D eigenvalue weighted by atomic mass is 16.5. The first kappa shape index (κ1) is 14.7. The molecule has 2 unspecified atom stereocenters. The molecule has 5 heteroatoms. The summed E-state index contributed by atoms with van der Waals surface area (Å²) < 4.78 is 11.3. The number of benzene rings is 1. The molecule has 1 amide bonds. The number of carbonyl (C=O) groups is 1. The molecular formula is C15H22N2O3. The third kappa shape index (κ3) is 3.42. The van der Waals surface area contributed by atoms with E-state index in [1.165, 1.54) is 0 Å². The Balaban J connectivity index is 2.04. The molecule has 0 bridgehead atoms. The van der Waals surface area contributed by atoms with Crippen molar-refractivity contribution >= 4 is 11.6 Å². The van der Waals surface area contributed by atoms with E-state index in [9.17, 15) is 4.79 Å². The molecule has 0 aromatic heterocycles. The maximum Gasteiger partial charge on any atom is 0.251 e. The summed E-state index contributed by atoms with van der Waals surface area (Å²) in [7, 11) is 3.33. The van der Waals surface area contributed by atoms with Gasteiger partial charge in [-0.15, -0.1) is 0 Å². The van der Waals surface area contributed by atoms with Gasteiger partial charge in [0.2, 0.25) is 0 Å². The first-order valence-electron chi connectivity index (χ1n) is 6.95. The summed E-state index contributed by atoms with van der Waals surface area (Å²) in [6, 6.07) is 5.13. The zero-order chi connectivity index (χ0) is 14.5. The smallest absolute Gasteiger partial charge is 0.251 e. The first-order valence-corrected chi connectivity index (χ1v) is 6.95. The molecule has 0 aliphatic heterocycles. The second-order valence-corrected chi connectivity index (χ2v) is 5.10. The average Bonchev–Trinajstić information content (AvgIpc) is 2.48. The van der Waals surface area contributed by atoms with Gasteiger partial charge in [-0.25, -0.2) is 0 Å². The molecule has 1 saturated carbocycles. The van der Waals surface area contributed by atoms with E-state index in [2.05, 4.69) is 5.32 Å². The molecule has 0 spiro atoms. The fraction of sp³-hybridized carbons (Fsp3) is 0.533. The monoisotopic (exact) mass is 278 g/mol. The van der Waals surface area contributed by atoms with Crippen LogP contribution >= 0.6 is 0 Å². The minimum Gasteiger partial charge on any atom is -0.488 e. The SMILES string of the molecule is CNC(=O)c1ccc(OC2CCCC(OC)C2)c(N)c1. The molecule has 2 atom stereocenters. The minimum atomic E-state index is -0.152. The summed E-state index contributed by atoms with van der Waals surface area (Å²) in [5.74, 6) is 0.486. The Morgan fingerprint density at radius 1 is 1.35 bits per heavy atom. The van der Waals surface area contributed by atoms with Crippen molar-refractivity contribution in [2.75, 3.05) is 19.9 Å². The Morgan fingerprint density at radius 2 is 2.10 bits per heavy atom. The van der Waals surface area contributed by atoms with Crippen LogP contribution in [-0.4, -0.2) is 32.3 Å². The highest BCUT2D eigenvalue weighted by Gasteiger charge is 2.23. The fourth-order valence-corrected chi connectivity index (χ4v) is 2.54. The van der Waals surface area contributed by atoms with Crippen molar-refractivity contribution in [1.82, 2.24) is 5.32 Å². The van der Waals surface area contributed by atoms with E-state index in [1.54, 1.807) is 32.4 Å². The van der Waals surface area contributed by atoms with E-state index in [1.807, 2.05) is 0 Å². The summed E-state index contributed by atoms with van der Waals surface area (Å²) in [5, 5.41) is 2.57. The number of amides is 1. The lowest BCUT2D eigenvalue weighted by Gasteiger charge is -2.29. The number of nitrogens with two attached hydrogens (primary N) is 1. The topological polar surface area (TPSA) is 73.6 Å². The van der Waals surface area contributed by atoms with Crippen LogP contribution in [0.15, 0.2) is 18.2 Å². The lowest BCUT2D eigenvalue weighted by atomic mass is 9.95. The molecule has 1 fully saturated rings. The molecule has 110 valence electrons. The second-order valence-electron chi connectivity index (χ2n) is 5.10. The van der Waals surface area contributed by atoms with Gasteiger partial charge in [0.25, 0.3) is 5.91 Å². The number of ether oxygens (including phenoxy) is 2. The third-order valence-electron chi connectivity index (χ3n) is 3.70. The standard InChI is InChI=1S/C15H22N2O3/c1-17-15(18)10-6-7-14(13(16)8-10)20-12-5-3-4-11(9-12)19-2/h6-8,11-12H,3-5,9,16H2,1-2H3,(H,17,18). The lowest BCUT2D eigenvalue weighted by molar-refractivity contribution is 0.0212.